The second kappa shape index (κ2) is 9.41. The van der Waals surface area contributed by atoms with Gasteiger partial charge >= 0.3 is 0 Å². The lowest BCUT2D eigenvalue weighted by atomic mass is 10.1. The normalized spacial score (nSPS) is 14.8. The highest BCUT2D eigenvalue weighted by Crippen LogP contribution is 2.20. The van der Waals surface area contributed by atoms with Crippen LogP contribution >= 0.6 is 0 Å². The van der Waals surface area contributed by atoms with E-state index < -0.39 is 10.0 Å². The van der Waals surface area contributed by atoms with Crippen molar-refractivity contribution in [2.75, 3.05) is 31.6 Å². The van der Waals surface area contributed by atoms with Gasteiger partial charge in [-0.05, 0) is 56.0 Å². The summed E-state index contributed by atoms with van der Waals surface area (Å²) in [6.45, 7) is 4.24. The summed E-state index contributed by atoms with van der Waals surface area (Å²) in [6.07, 6.45) is 3.77. The van der Waals surface area contributed by atoms with Gasteiger partial charge in [-0.25, -0.2) is 8.42 Å². The Bertz CT molecular complexity index is 919. The van der Waals surface area contributed by atoms with Crippen molar-refractivity contribution in [2.45, 2.75) is 37.6 Å². The average Bonchev–Trinajstić information content (AvgIpc) is 2.73. The third-order valence-electron chi connectivity index (χ3n) is 5.24. The first kappa shape index (κ1) is 21.3. The van der Waals surface area contributed by atoms with Gasteiger partial charge in [-0.15, -0.1) is 0 Å². The molecule has 3 rings (SSSR count). The maximum absolute atomic E-state index is 12.6. The fraction of sp³-hybridized carbons (Fsp3) is 0.409. The Morgan fingerprint density at radius 2 is 1.62 bits per heavy atom. The van der Waals surface area contributed by atoms with Gasteiger partial charge in [0.1, 0.15) is 0 Å². The minimum absolute atomic E-state index is 0.187. The molecule has 0 saturated carbocycles. The van der Waals surface area contributed by atoms with E-state index in [1.807, 2.05) is 19.1 Å². The number of likely N-dealkylation sites (N-methyl/N-ethyl adjacent to an activating group) is 1. The Labute approximate surface area is 173 Å². The van der Waals surface area contributed by atoms with Crippen molar-refractivity contribution >= 4 is 21.6 Å². The summed E-state index contributed by atoms with van der Waals surface area (Å²) in [4.78, 5) is 14.8. The van der Waals surface area contributed by atoms with Gasteiger partial charge in [0.25, 0.3) is 0 Å². The minimum atomic E-state index is -3.68. The molecule has 2 aromatic carbocycles. The third-order valence-corrected chi connectivity index (χ3v) is 7.06. The smallest absolute Gasteiger partial charge is 0.243 e. The molecule has 1 aliphatic rings. The first-order valence-electron chi connectivity index (χ1n) is 10.00. The summed E-state index contributed by atoms with van der Waals surface area (Å²) in [5.74, 6) is -0.330. The summed E-state index contributed by atoms with van der Waals surface area (Å²) in [6, 6.07) is 14.8. The summed E-state index contributed by atoms with van der Waals surface area (Å²) < 4.78 is 26.2. The molecule has 6 nitrogen and oxygen atoms in total. The number of carbonyl (C=O) groups excluding carboxylic acids is 1. The standard InChI is InChI=1S/C22H29N3O3S/c1-18-6-12-21(13-7-18)29(27,28)24(2)17-22(26)23-16-19-8-10-20(11-9-19)25-14-4-3-5-15-25/h6-13H,3-5,14-17H2,1-2H3,(H,23,26). The van der Waals surface area contributed by atoms with Crippen molar-refractivity contribution in [1.29, 1.82) is 0 Å². The predicted octanol–water partition coefficient (Wildman–Crippen LogP) is 2.92. The van der Waals surface area contributed by atoms with Gasteiger partial charge in [-0.2, -0.15) is 4.31 Å². The van der Waals surface area contributed by atoms with Crippen LogP contribution in [0.25, 0.3) is 0 Å². The fourth-order valence-corrected chi connectivity index (χ4v) is 4.54. The number of nitrogens with one attached hydrogen (secondary N) is 1. The zero-order valence-corrected chi connectivity index (χ0v) is 17.9. The maximum Gasteiger partial charge on any atom is 0.243 e. The second-order valence-electron chi connectivity index (χ2n) is 7.57. The van der Waals surface area contributed by atoms with Gasteiger partial charge in [-0.1, -0.05) is 29.8 Å². The highest BCUT2D eigenvalue weighted by atomic mass is 32.2. The molecule has 0 atom stereocenters. The molecule has 1 N–H and O–H groups in total. The van der Waals surface area contributed by atoms with E-state index in [0.29, 0.717) is 6.54 Å². The Morgan fingerprint density at radius 1 is 1.00 bits per heavy atom. The van der Waals surface area contributed by atoms with E-state index in [4.69, 9.17) is 0 Å². The largest absolute Gasteiger partial charge is 0.372 e. The number of carbonyl (C=O) groups is 1. The van der Waals surface area contributed by atoms with Crippen molar-refractivity contribution in [3.8, 4) is 0 Å². The van der Waals surface area contributed by atoms with E-state index in [-0.39, 0.29) is 17.3 Å². The van der Waals surface area contributed by atoms with Crippen molar-refractivity contribution in [1.82, 2.24) is 9.62 Å². The number of piperidine rings is 1. The van der Waals surface area contributed by atoms with Gasteiger partial charge in [0.05, 0.1) is 11.4 Å². The average molecular weight is 416 g/mol. The number of nitrogens with zero attached hydrogens (tertiary/aromatic N) is 2. The molecule has 0 aromatic heterocycles. The molecule has 0 aliphatic carbocycles. The van der Waals surface area contributed by atoms with Gasteiger partial charge in [0.2, 0.25) is 15.9 Å². The number of hydrogen-bond donors (Lipinski definition) is 1. The summed E-state index contributed by atoms with van der Waals surface area (Å²) in [5, 5.41) is 2.80. The van der Waals surface area contributed by atoms with E-state index in [1.165, 1.54) is 32.0 Å². The zero-order valence-electron chi connectivity index (χ0n) is 17.1. The van der Waals surface area contributed by atoms with Crippen LogP contribution in [0, 0.1) is 6.92 Å². The summed E-state index contributed by atoms with van der Waals surface area (Å²) >= 11 is 0. The molecule has 1 fully saturated rings. The highest BCUT2D eigenvalue weighted by Gasteiger charge is 2.22. The zero-order chi connectivity index (χ0) is 20.9. The SMILES string of the molecule is Cc1ccc(S(=O)(=O)N(C)CC(=O)NCc2ccc(N3CCCCC3)cc2)cc1. The number of aryl methyl sites for hydroxylation is 1. The Kier molecular flexibility index (Phi) is 6.92. The Balaban J connectivity index is 1.52. The molecule has 0 unspecified atom stereocenters. The van der Waals surface area contributed by atoms with Crippen LogP contribution < -0.4 is 10.2 Å². The maximum atomic E-state index is 12.6. The highest BCUT2D eigenvalue weighted by molar-refractivity contribution is 7.89. The van der Waals surface area contributed by atoms with E-state index in [1.54, 1.807) is 24.3 Å². The molecule has 1 aliphatic heterocycles. The van der Waals surface area contributed by atoms with Crippen LogP contribution in [0.2, 0.25) is 0 Å². The molecule has 1 amide bonds. The van der Waals surface area contributed by atoms with Crippen LogP contribution in [0.5, 0.6) is 0 Å². The number of amides is 1. The molecule has 0 bridgehead atoms. The van der Waals surface area contributed by atoms with Crippen LogP contribution in [-0.2, 0) is 21.4 Å². The number of benzene rings is 2. The molecule has 7 heteroatoms. The number of anilines is 1. The van der Waals surface area contributed by atoms with Crippen LogP contribution in [0.15, 0.2) is 53.4 Å². The van der Waals surface area contributed by atoms with E-state index in [0.717, 1.165) is 28.5 Å². The molecule has 2 aromatic rings. The lowest BCUT2D eigenvalue weighted by molar-refractivity contribution is -0.121. The summed E-state index contributed by atoms with van der Waals surface area (Å²) in [5.41, 5.74) is 3.18. The minimum Gasteiger partial charge on any atom is -0.372 e. The lowest BCUT2D eigenvalue weighted by Gasteiger charge is -2.28. The van der Waals surface area contributed by atoms with Crippen molar-refractivity contribution < 1.29 is 13.2 Å². The van der Waals surface area contributed by atoms with Crippen LogP contribution in [0.1, 0.15) is 30.4 Å². The number of hydrogen-bond acceptors (Lipinski definition) is 4. The monoisotopic (exact) mass is 415 g/mol. The molecular formula is C22H29N3O3S. The first-order valence-corrected chi connectivity index (χ1v) is 11.4. The number of rotatable bonds is 7. The predicted molar refractivity (Wildman–Crippen MR) is 115 cm³/mol. The van der Waals surface area contributed by atoms with Crippen molar-refractivity contribution in [3.05, 3.63) is 59.7 Å². The lowest BCUT2D eigenvalue weighted by Crippen LogP contribution is -2.38. The molecule has 1 heterocycles. The second-order valence-corrected chi connectivity index (χ2v) is 9.61. The summed E-state index contributed by atoms with van der Waals surface area (Å²) in [7, 11) is -2.27. The third kappa shape index (κ3) is 5.58. The van der Waals surface area contributed by atoms with Crippen LogP contribution in [0.4, 0.5) is 5.69 Å². The van der Waals surface area contributed by atoms with Gasteiger partial charge in [0, 0.05) is 32.4 Å². The van der Waals surface area contributed by atoms with E-state index in [2.05, 4.69) is 22.3 Å². The quantitative estimate of drug-likeness (QED) is 0.755. The number of sulfonamides is 1. The fourth-order valence-electron chi connectivity index (χ4n) is 3.41. The van der Waals surface area contributed by atoms with Crippen molar-refractivity contribution in [3.63, 3.8) is 0 Å². The molecule has 156 valence electrons. The van der Waals surface area contributed by atoms with E-state index >= 15 is 0 Å². The molecule has 0 radical (unpaired) electrons. The molecule has 29 heavy (non-hydrogen) atoms. The van der Waals surface area contributed by atoms with Crippen LogP contribution in [-0.4, -0.2) is 45.3 Å². The Hall–Kier alpha value is -2.38. The molecule has 0 spiro atoms. The van der Waals surface area contributed by atoms with E-state index in [9.17, 15) is 13.2 Å². The topological polar surface area (TPSA) is 69.7 Å². The van der Waals surface area contributed by atoms with Gasteiger partial charge in [-0.3, -0.25) is 4.79 Å². The van der Waals surface area contributed by atoms with Crippen LogP contribution in [0.3, 0.4) is 0 Å². The van der Waals surface area contributed by atoms with Gasteiger partial charge < -0.3 is 10.2 Å². The van der Waals surface area contributed by atoms with Crippen molar-refractivity contribution in [2.24, 2.45) is 0 Å². The molecular weight excluding hydrogens is 386 g/mol. The first-order chi connectivity index (χ1) is 13.9. The Morgan fingerprint density at radius 3 is 2.24 bits per heavy atom. The molecule has 1 saturated heterocycles. The van der Waals surface area contributed by atoms with Gasteiger partial charge in [0.15, 0.2) is 0 Å².